The van der Waals surface area contributed by atoms with Crippen molar-refractivity contribution in [3.8, 4) is 0 Å². The normalized spacial score (nSPS) is 15.9. The number of nitrogens with zero attached hydrogens (tertiary/aromatic N) is 1. The second-order valence-electron chi connectivity index (χ2n) is 3.46. The first-order valence-electron chi connectivity index (χ1n) is 4.78. The predicted molar refractivity (Wildman–Crippen MR) is 64.7 cm³/mol. The number of halogens is 1. The highest BCUT2D eigenvalue weighted by molar-refractivity contribution is 9.10. The molecule has 1 saturated heterocycles. The van der Waals surface area contributed by atoms with Crippen LogP contribution in [0.1, 0.15) is 0 Å². The van der Waals surface area contributed by atoms with E-state index in [0.29, 0.717) is 9.48 Å². The summed E-state index contributed by atoms with van der Waals surface area (Å²) < 4.78 is 24.3. The van der Waals surface area contributed by atoms with E-state index in [4.69, 9.17) is 0 Å². The Balaban J connectivity index is 2.26. The molecule has 2 rings (SSSR count). The van der Waals surface area contributed by atoms with Gasteiger partial charge in [-0.1, -0.05) is 12.1 Å². The maximum atomic E-state index is 12.0. The van der Waals surface area contributed by atoms with Gasteiger partial charge in [-0.2, -0.15) is 0 Å². The van der Waals surface area contributed by atoms with Crippen LogP contribution in [0.4, 0.5) is 4.79 Å². The molecule has 0 aromatic heterocycles. The topological polar surface area (TPSA) is 95.6 Å². The number of hydrogen-bond donors (Lipinski definition) is 2. The summed E-state index contributed by atoms with van der Waals surface area (Å²) >= 11 is 3.10. The van der Waals surface area contributed by atoms with Crippen LogP contribution >= 0.6 is 15.9 Å². The molecule has 0 aliphatic carbocycles. The number of nitrogens with one attached hydrogen (secondary N) is 2. The Morgan fingerprint density at radius 1 is 1.28 bits per heavy atom. The summed E-state index contributed by atoms with van der Waals surface area (Å²) in [5.41, 5.74) is 0. The lowest BCUT2D eigenvalue weighted by Gasteiger charge is -2.15. The van der Waals surface area contributed by atoms with Gasteiger partial charge < -0.3 is 0 Å². The Labute approximate surface area is 111 Å². The van der Waals surface area contributed by atoms with Gasteiger partial charge in [0.25, 0.3) is 10.0 Å². The Bertz CT molecular complexity index is 616. The van der Waals surface area contributed by atoms with E-state index in [1.54, 1.807) is 18.2 Å². The van der Waals surface area contributed by atoms with Crippen LogP contribution in [0.25, 0.3) is 0 Å². The van der Waals surface area contributed by atoms with Crippen LogP contribution in [0.2, 0.25) is 0 Å². The van der Waals surface area contributed by atoms with E-state index in [1.165, 1.54) is 6.07 Å². The second-order valence-corrected chi connectivity index (χ2v) is 5.95. The van der Waals surface area contributed by atoms with Crippen molar-refractivity contribution >= 4 is 37.9 Å². The summed E-state index contributed by atoms with van der Waals surface area (Å²) in [7, 11) is -3.91. The minimum Gasteiger partial charge on any atom is -0.275 e. The summed E-state index contributed by atoms with van der Waals surface area (Å²) in [5.74, 6) is -0.560. The number of sulfonamides is 1. The lowest BCUT2D eigenvalue weighted by atomic mass is 10.4. The Morgan fingerprint density at radius 2 is 1.94 bits per heavy atom. The molecule has 0 saturated carbocycles. The van der Waals surface area contributed by atoms with Gasteiger partial charge in [-0.05, 0) is 28.1 Å². The highest BCUT2D eigenvalue weighted by Crippen LogP contribution is 2.21. The first-order valence-corrected chi connectivity index (χ1v) is 7.06. The molecule has 1 aliphatic heterocycles. The van der Waals surface area contributed by atoms with Gasteiger partial charge in [0.15, 0.2) is 0 Å². The van der Waals surface area contributed by atoms with Crippen molar-refractivity contribution in [1.29, 1.82) is 0 Å². The van der Waals surface area contributed by atoms with Gasteiger partial charge >= 0.3 is 6.03 Å². The van der Waals surface area contributed by atoms with Crippen LogP contribution in [-0.2, 0) is 14.8 Å². The van der Waals surface area contributed by atoms with Crippen molar-refractivity contribution in [2.75, 3.05) is 6.54 Å². The van der Waals surface area contributed by atoms with E-state index in [1.807, 2.05) is 10.1 Å². The molecule has 0 atom stereocenters. The van der Waals surface area contributed by atoms with E-state index in [0.717, 1.165) is 0 Å². The number of hydrogen-bond acceptors (Lipinski definition) is 4. The molecule has 0 radical (unpaired) electrons. The largest absolute Gasteiger partial charge is 0.339 e. The third-order valence-electron chi connectivity index (χ3n) is 2.15. The summed E-state index contributed by atoms with van der Waals surface area (Å²) in [6.45, 7) is -0.345. The maximum absolute atomic E-state index is 12.0. The van der Waals surface area contributed by atoms with Gasteiger partial charge in [-0.15, -0.1) is 4.83 Å². The van der Waals surface area contributed by atoms with Crippen LogP contribution in [0.15, 0.2) is 33.6 Å². The first kappa shape index (κ1) is 13.0. The minimum atomic E-state index is -3.91. The fourth-order valence-electron chi connectivity index (χ4n) is 1.37. The lowest BCUT2D eigenvalue weighted by Crippen LogP contribution is -2.44. The molecule has 0 unspecified atom stereocenters. The number of hydrazine groups is 1. The molecular weight excluding hydrogens is 326 g/mol. The number of benzene rings is 1. The quantitative estimate of drug-likeness (QED) is 0.772. The van der Waals surface area contributed by atoms with Crippen molar-refractivity contribution < 1.29 is 18.0 Å². The van der Waals surface area contributed by atoms with Crippen LogP contribution in [0, 0.1) is 0 Å². The van der Waals surface area contributed by atoms with Crippen LogP contribution in [-0.4, -0.2) is 31.9 Å². The standard InChI is InChI=1S/C9H8BrN3O4S/c10-6-3-1-2-4-7(6)18(16,17)12-13-5-8(14)11-9(13)15/h1-4,12H,5H2,(H,11,14,15). The highest BCUT2D eigenvalue weighted by Gasteiger charge is 2.31. The number of rotatable bonds is 3. The summed E-state index contributed by atoms with van der Waals surface area (Å²) in [6, 6.07) is 5.35. The number of amides is 3. The van der Waals surface area contributed by atoms with Crippen molar-refractivity contribution in [3.63, 3.8) is 0 Å². The molecule has 1 aliphatic rings. The zero-order valence-corrected chi connectivity index (χ0v) is 11.3. The van der Waals surface area contributed by atoms with Crippen molar-refractivity contribution in [3.05, 3.63) is 28.7 Å². The monoisotopic (exact) mass is 333 g/mol. The fraction of sp³-hybridized carbons (Fsp3) is 0.111. The van der Waals surface area contributed by atoms with Crippen molar-refractivity contribution in [1.82, 2.24) is 15.2 Å². The minimum absolute atomic E-state index is 0.0165. The van der Waals surface area contributed by atoms with Crippen molar-refractivity contribution in [2.45, 2.75) is 4.90 Å². The molecule has 18 heavy (non-hydrogen) atoms. The molecular formula is C9H8BrN3O4S. The van der Waals surface area contributed by atoms with Gasteiger partial charge in [0.2, 0.25) is 5.91 Å². The summed E-state index contributed by atoms with van der Waals surface area (Å²) in [4.78, 5) is 24.2. The van der Waals surface area contributed by atoms with Gasteiger partial charge in [0.05, 0.1) is 4.90 Å². The maximum Gasteiger partial charge on any atom is 0.339 e. The smallest absolute Gasteiger partial charge is 0.275 e. The van der Waals surface area contributed by atoms with Crippen LogP contribution < -0.4 is 10.1 Å². The zero-order chi connectivity index (χ0) is 13.3. The molecule has 1 aromatic carbocycles. The molecule has 0 bridgehead atoms. The average Bonchev–Trinajstić information content (AvgIpc) is 2.57. The molecule has 96 valence electrons. The highest BCUT2D eigenvalue weighted by atomic mass is 79.9. The zero-order valence-electron chi connectivity index (χ0n) is 8.88. The van der Waals surface area contributed by atoms with E-state index in [9.17, 15) is 18.0 Å². The molecule has 2 N–H and O–H groups in total. The Hall–Kier alpha value is -1.45. The van der Waals surface area contributed by atoms with Gasteiger partial charge in [-0.25, -0.2) is 18.2 Å². The predicted octanol–water partition coefficient (Wildman–Crippen LogP) is 0.194. The molecule has 3 amide bonds. The van der Waals surface area contributed by atoms with Gasteiger partial charge in [-0.3, -0.25) is 10.1 Å². The van der Waals surface area contributed by atoms with Gasteiger partial charge in [0.1, 0.15) is 6.54 Å². The number of urea groups is 1. The molecule has 1 fully saturated rings. The summed E-state index contributed by atoms with van der Waals surface area (Å²) in [5, 5.41) is 2.67. The van der Waals surface area contributed by atoms with Crippen LogP contribution in [0.5, 0.6) is 0 Å². The first-order chi connectivity index (χ1) is 8.40. The van der Waals surface area contributed by atoms with E-state index >= 15 is 0 Å². The molecule has 7 nitrogen and oxygen atoms in total. The van der Waals surface area contributed by atoms with Crippen molar-refractivity contribution in [2.24, 2.45) is 0 Å². The van der Waals surface area contributed by atoms with Gasteiger partial charge in [0, 0.05) is 4.47 Å². The van der Waals surface area contributed by atoms with E-state index < -0.39 is 22.0 Å². The number of carbonyl (C=O) groups is 2. The molecule has 1 aromatic rings. The Kier molecular flexibility index (Phi) is 3.37. The lowest BCUT2D eigenvalue weighted by molar-refractivity contribution is -0.118. The summed E-state index contributed by atoms with van der Waals surface area (Å²) in [6.07, 6.45) is 0. The fourth-order valence-corrected chi connectivity index (χ4v) is 3.41. The molecule has 9 heteroatoms. The van der Waals surface area contributed by atoms with E-state index in [2.05, 4.69) is 15.9 Å². The average molecular weight is 334 g/mol. The van der Waals surface area contributed by atoms with Crippen LogP contribution in [0.3, 0.4) is 0 Å². The second kappa shape index (κ2) is 4.67. The van der Waals surface area contributed by atoms with E-state index in [-0.39, 0.29) is 11.4 Å². The number of imide groups is 1. The Morgan fingerprint density at radius 3 is 2.50 bits per heavy atom. The number of carbonyl (C=O) groups excluding carboxylic acids is 2. The molecule has 0 spiro atoms. The SMILES string of the molecule is O=C1CN(NS(=O)(=O)c2ccccc2Br)C(=O)N1. The molecule has 1 heterocycles. The third-order valence-corrected chi connectivity index (χ3v) is 4.50. The third kappa shape index (κ3) is 2.52.